The molecule has 4 rings (SSSR count). The smallest absolute Gasteiger partial charge is 0.347 e. The SMILES string of the molecule is O=C1OC(=O)c2c1cccc2-c1cccc2c1C(=O)OC2=O. The number of benzene rings is 2. The number of carbonyl (C=O) groups excluding carboxylic acids is 4. The lowest BCUT2D eigenvalue weighted by atomic mass is 9.91. The lowest BCUT2D eigenvalue weighted by Gasteiger charge is -2.07. The van der Waals surface area contributed by atoms with E-state index in [1.165, 1.54) is 12.1 Å². The molecule has 0 aromatic heterocycles. The lowest BCUT2D eigenvalue weighted by molar-refractivity contribution is 0.0425. The Morgan fingerprint density at radius 3 is 1.27 bits per heavy atom. The average molecular weight is 294 g/mol. The van der Waals surface area contributed by atoms with Gasteiger partial charge in [-0.3, -0.25) is 0 Å². The molecule has 6 nitrogen and oxygen atoms in total. The van der Waals surface area contributed by atoms with Gasteiger partial charge in [-0.1, -0.05) is 24.3 Å². The Labute approximate surface area is 123 Å². The fraction of sp³-hybridized carbons (Fsp3) is 0. The summed E-state index contributed by atoms with van der Waals surface area (Å²) in [5.74, 6) is -3.00. The van der Waals surface area contributed by atoms with Gasteiger partial charge >= 0.3 is 23.9 Å². The summed E-state index contributed by atoms with van der Waals surface area (Å²) in [6.07, 6.45) is 0. The Morgan fingerprint density at radius 1 is 0.500 bits per heavy atom. The van der Waals surface area contributed by atoms with E-state index in [2.05, 4.69) is 9.47 Å². The molecular formula is C16H6O6. The molecule has 2 aromatic rings. The zero-order valence-corrected chi connectivity index (χ0v) is 10.9. The van der Waals surface area contributed by atoms with Gasteiger partial charge in [-0.2, -0.15) is 0 Å². The monoisotopic (exact) mass is 294 g/mol. The van der Waals surface area contributed by atoms with E-state index in [1.54, 1.807) is 24.3 Å². The van der Waals surface area contributed by atoms with Crippen LogP contribution in [0.15, 0.2) is 36.4 Å². The van der Waals surface area contributed by atoms with E-state index in [-0.39, 0.29) is 22.3 Å². The predicted octanol–water partition coefficient (Wildman–Crippen LogP) is 1.97. The minimum atomic E-state index is -0.772. The fourth-order valence-electron chi connectivity index (χ4n) is 2.71. The third kappa shape index (κ3) is 1.49. The molecule has 0 radical (unpaired) electrons. The van der Waals surface area contributed by atoms with Crippen LogP contribution in [0, 0.1) is 0 Å². The van der Waals surface area contributed by atoms with Gasteiger partial charge in [0, 0.05) is 0 Å². The molecule has 0 bridgehead atoms. The molecule has 106 valence electrons. The van der Waals surface area contributed by atoms with Crippen LogP contribution in [0.2, 0.25) is 0 Å². The zero-order chi connectivity index (χ0) is 15.4. The number of ether oxygens (including phenoxy) is 2. The van der Waals surface area contributed by atoms with E-state index in [1.807, 2.05) is 0 Å². The third-order valence-corrected chi connectivity index (χ3v) is 3.64. The fourth-order valence-corrected chi connectivity index (χ4v) is 2.71. The normalized spacial score (nSPS) is 15.5. The average Bonchev–Trinajstić information content (AvgIpc) is 2.97. The minimum Gasteiger partial charge on any atom is -0.386 e. The molecule has 0 unspecified atom stereocenters. The van der Waals surface area contributed by atoms with Gasteiger partial charge in [0.2, 0.25) is 0 Å². The third-order valence-electron chi connectivity index (χ3n) is 3.64. The molecule has 6 heteroatoms. The molecule has 0 N–H and O–H groups in total. The Hall–Kier alpha value is -3.28. The van der Waals surface area contributed by atoms with Crippen LogP contribution >= 0.6 is 0 Å². The zero-order valence-electron chi connectivity index (χ0n) is 10.9. The molecule has 2 aliphatic rings. The van der Waals surface area contributed by atoms with Crippen molar-refractivity contribution in [2.45, 2.75) is 0 Å². The molecule has 0 fully saturated rings. The van der Waals surface area contributed by atoms with Gasteiger partial charge in [0.1, 0.15) is 0 Å². The number of carbonyl (C=O) groups is 4. The molecule has 22 heavy (non-hydrogen) atoms. The molecular weight excluding hydrogens is 288 g/mol. The highest BCUT2D eigenvalue weighted by Crippen LogP contribution is 2.36. The number of esters is 4. The summed E-state index contributed by atoms with van der Waals surface area (Å²) in [7, 11) is 0. The highest BCUT2D eigenvalue weighted by Gasteiger charge is 2.36. The van der Waals surface area contributed by atoms with Gasteiger partial charge in [-0.05, 0) is 23.3 Å². The highest BCUT2D eigenvalue weighted by atomic mass is 16.6. The Bertz CT molecular complexity index is 833. The first-order valence-corrected chi connectivity index (χ1v) is 6.37. The second-order valence-corrected chi connectivity index (χ2v) is 4.81. The van der Waals surface area contributed by atoms with Crippen molar-refractivity contribution in [2.24, 2.45) is 0 Å². The number of hydrogen-bond donors (Lipinski definition) is 0. The van der Waals surface area contributed by atoms with Crippen molar-refractivity contribution in [3.63, 3.8) is 0 Å². The van der Waals surface area contributed by atoms with Gasteiger partial charge in [0.05, 0.1) is 22.3 Å². The van der Waals surface area contributed by atoms with E-state index in [0.29, 0.717) is 11.1 Å². The number of fused-ring (bicyclic) bond motifs is 2. The molecule has 2 aromatic carbocycles. The van der Waals surface area contributed by atoms with Gasteiger partial charge in [-0.15, -0.1) is 0 Å². The van der Waals surface area contributed by atoms with Crippen LogP contribution in [0.3, 0.4) is 0 Å². The molecule has 2 heterocycles. The molecule has 0 saturated carbocycles. The van der Waals surface area contributed by atoms with Crippen molar-refractivity contribution in [1.82, 2.24) is 0 Å². The number of rotatable bonds is 1. The van der Waals surface area contributed by atoms with Crippen LogP contribution < -0.4 is 0 Å². The van der Waals surface area contributed by atoms with Gasteiger partial charge in [0.15, 0.2) is 0 Å². The topological polar surface area (TPSA) is 86.7 Å². The van der Waals surface area contributed by atoms with Crippen LogP contribution in [0.4, 0.5) is 0 Å². The maximum absolute atomic E-state index is 11.9. The Kier molecular flexibility index (Phi) is 2.33. The second-order valence-electron chi connectivity index (χ2n) is 4.81. The van der Waals surface area contributed by atoms with Crippen LogP contribution in [0.25, 0.3) is 11.1 Å². The van der Waals surface area contributed by atoms with E-state index in [0.717, 1.165) is 0 Å². The van der Waals surface area contributed by atoms with Crippen LogP contribution in [0.1, 0.15) is 41.4 Å². The summed E-state index contributed by atoms with van der Waals surface area (Å²) in [5.41, 5.74) is 1.17. The minimum absolute atomic E-state index is 0.0908. The Balaban J connectivity index is 2.04. The van der Waals surface area contributed by atoms with Gasteiger partial charge in [0.25, 0.3) is 0 Å². The molecule has 0 saturated heterocycles. The van der Waals surface area contributed by atoms with Crippen molar-refractivity contribution in [3.05, 3.63) is 58.7 Å². The first-order chi connectivity index (χ1) is 10.6. The van der Waals surface area contributed by atoms with Crippen molar-refractivity contribution >= 4 is 23.9 Å². The molecule has 0 aliphatic carbocycles. The summed E-state index contributed by atoms with van der Waals surface area (Å²) < 4.78 is 9.20. The number of cyclic esters (lactones) is 4. The van der Waals surface area contributed by atoms with E-state index < -0.39 is 23.9 Å². The molecule has 2 aliphatic heterocycles. The molecule has 0 spiro atoms. The number of hydrogen-bond acceptors (Lipinski definition) is 6. The first-order valence-electron chi connectivity index (χ1n) is 6.37. The van der Waals surface area contributed by atoms with Crippen LogP contribution in [-0.2, 0) is 9.47 Å². The van der Waals surface area contributed by atoms with Crippen molar-refractivity contribution in [1.29, 1.82) is 0 Å². The summed E-state index contributed by atoms with van der Waals surface area (Å²) in [6, 6.07) is 9.28. The standard InChI is InChI=1S/C16H6O6/c17-13-9-5-1-3-7(11(9)15(19)21-13)8-4-2-6-10-12(8)16(20)22-14(10)18/h1-6H. The summed E-state index contributed by atoms with van der Waals surface area (Å²) in [4.78, 5) is 47.0. The van der Waals surface area contributed by atoms with Gasteiger partial charge < -0.3 is 9.47 Å². The van der Waals surface area contributed by atoms with Crippen LogP contribution in [0.5, 0.6) is 0 Å². The maximum atomic E-state index is 11.9. The molecule has 0 amide bonds. The lowest BCUT2D eigenvalue weighted by Crippen LogP contribution is -2.02. The second kappa shape index (κ2) is 4.11. The van der Waals surface area contributed by atoms with E-state index in [9.17, 15) is 19.2 Å². The molecule has 0 atom stereocenters. The summed E-state index contributed by atoms with van der Waals surface area (Å²) in [5, 5.41) is 0. The van der Waals surface area contributed by atoms with Gasteiger partial charge in [-0.25, -0.2) is 19.2 Å². The summed E-state index contributed by atoms with van der Waals surface area (Å²) >= 11 is 0. The first kappa shape index (κ1) is 12.5. The highest BCUT2D eigenvalue weighted by molar-refractivity contribution is 6.21. The predicted molar refractivity (Wildman–Crippen MR) is 71.4 cm³/mol. The van der Waals surface area contributed by atoms with Crippen LogP contribution in [-0.4, -0.2) is 23.9 Å². The quantitative estimate of drug-likeness (QED) is 0.590. The van der Waals surface area contributed by atoms with Crippen molar-refractivity contribution in [3.8, 4) is 11.1 Å². The maximum Gasteiger partial charge on any atom is 0.347 e. The Morgan fingerprint density at radius 2 is 0.864 bits per heavy atom. The van der Waals surface area contributed by atoms with E-state index >= 15 is 0 Å². The van der Waals surface area contributed by atoms with Crippen molar-refractivity contribution in [2.75, 3.05) is 0 Å². The largest absolute Gasteiger partial charge is 0.386 e. The summed E-state index contributed by atoms with van der Waals surface area (Å²) in [6.45, 7) is 0. The van der Waals surface area contributed by atoms with Crippen molar-refractivity contribution < 1.29 is 28.7 Å². The van der Waals surface area contributed by atoms with E-state index in [4.69, 9.17) is 0 Å².